The lowest BCUT2D eigenvalue weighted by Gasteiger charge is -2.10. The molecule has 0 radical (unpaired) electrons. The highest BCUT2D eigenvalue weighted by Gasteiger charge is 2.18. The number of rotatable bonds is 2. The molecule has 1 aromatic heterocycles. The lowest BCUT2D eigenvalue weighted by molar-refractivity contribution is 0.402. The predicted octanol–water partition coefficient (Wildman–Crippen LogP) is 3.45. The fourth-order valence-corrected chi connectivity index (χ4v) is 1.87. The Hall–Kier alpha value is -1.06. The van der Waals surface area contributed by atoms with E-state index in [1.54, 1.807) is 6.07 Å². The van der Waals surface area contributed by atoms with Crippen LogP contribution >= 0.6 is 11.6 Å². The number of nitrogens with two attached hydrogens (primary N) is 1. The van der Waals surface area contributed by atoms with Gasteiger partial charge >= 0.3 is 0 Å². The third-order valence-electron chi connectivity index (χ3n) is 2.66. The van der Waals surface area contributed by atoms with Gasteiger partial charge in [-0.15, -0.1) is 0 Å². The molecule has 1 heterocycles. The van der Waals surface area contributed by atoms with Crippen LogP contribution in [-0.2, 0) is 0 Å². The standard InChI is InChI=1S/C12H15ClN2O/c1-6(2)10(14)12-15-9-5-8(13)4-7(3)11(9)16-12/h4-6,10H,14H2,1-3H3. The second-order valence-corrected chi connectivity index (χ2v) is 4.83. The number of fused-ring (bicyclic) bond motifs is 1. The molecule has 0 bridgehead atoms. The van der Waals surface area contributed by atoms with E-state index in [0.29, 0.717) is 16.8 Å². The molecular formula is C12H15ClN2O. The third kappa shape index (κ3) is 1.93. The van der Waals surface area contributed by atoms with Gasteiger partial charge in [-0.25, -0.2) is 4.98 Å². The molecule has 4 heteroatoms. The number of aryl methyl sites for hydroxylation is 1. The Kier molecular flexibility index (Phi) is 2.91. The Labute approximate surface area is 99.6 Å². The highest BCUT2D eigenvalue weighted by molar-refractivity contribution is 6.31. The van der Waals surface area contributed by atoms with Gasteiger partial charge in [-0.2, -0.15) is 0 Å². The van der Waals surface area contributed by atoms with E-state index in [2.05, 4.69) is 4.98 Å². The highest BCUT2D eigenvalue weighted by atomic mass is 35.5. The van der Waals surface area contributed by atoms with Crippen molar-refractivity contribution in [1.82, 2.24) is 4.98 Å². The van der Waals surface area contributed by atoms with E-state index in [1.165, 1.54) is 0 Å². The molecule has 2 rings (SSSR count). The Morgan fingerprint density at radius 2 is 2.06 bits per heavy atom. The van der Waals surface area contributed by atoms with E-state index in [-0.39, 0.29) is 6.04 Å². The smallest absolute Gasteiger partial charge is 0.212 e. The van der Waals surface area contributed by atoms with Crippen LogP contribution < -0.4 is 5.73 Å². The zero-order valence-electron chi connectivity index (χ0n) is 9.62. The second kappa shape index (κ2) is 4.07. The fourth-order valence-electron chi connectivity index (χ4n) is 1.60. The first-order valence-electron chi connectivity index (χ1n) is 5.31. The molecule has 3 nitrogen and oxygen atoms in total. The van der Waals surface area contributed by atoms with Crippen molar-refractivity contribution in [2.24, 2.45) is 11.7 Å². The first-order valence-corrected chi connectivity index (χ1v) is 5.69. The number of oxazole rings is 1. The van der Waals surface area contributed by atoms with Crippen LogP contribution in [0.1, 0.15) is 31.3 Å². The summed E-state index contributed by atoms with van der Waals surface area (Å²) in [6.45, 7) is 6.03. The number of nitrogens with zero attached hydrogens (tertiary/aromatic N) is 1. The summed E-state index contributed by atoms with van der Waals surface area (Å²) in [4.78, 5) is 4.38. The first kappa shape index (κ1) is 11.4. The van der Waals surface area contributed by atoms with Crippen LogP contribution in [0.15, 0.2) is 16.5 Å². The lowest BCUT2D eigenvalue weighted by Crippen LogP contribution is -2.16. The minimum Gasteiger partial charge on any atom is -0.439 e. The maximum Gasteiger partial charge on any atom is 0.212 e. The molecule has 1 aromatic carbocycles. The molecule has 16 heavy (non-hydrogen) atoms. The van der Waals surface area contributed by atoms with Gasteiger partial charge in [0, 0.05) is 5.02 Å². The van der Waals surface area contributed by atoms with Crippen molar-refractivity contribution in [3.05, 3.63) is 28.6 Å². The van der Waals surface area contributed by atoms with Crippen molar-refractivity contribution >= 4 is 22.7 Å². The molecule has 1 atom stereocenters. The van der Waals surface area contributed by atoms with Crippen molar-refractivity contribution in [3.63, 3.8) is 0 Å². The van der Waals surface area contributed by atoms with Crippen LogP contribution in [0.25, 0.3) is 11.1 Å². The Morgan fingerprint density at radius 1 is 1.38 bits per heavy atom. The van der Waals surface area contributed by atoms with E-state index in [9.17, 15) is 0 Å². The molecule has 0 saturated carbocycles. The van der Waals surface area contributed by atoms with E-state index < -0.39 is 0 Å². The summed E-state index contributed by atoms with van der Waals surface area (Å²) in [5.74, 6) is 0.874. The topological polar surface area (TPSA) is 52.0 Å². The summed E-state index contributed by atoms with van der Waals surface area (Å²) in [6.07, 6.45) is 0. The minimum absolute atomic E-state index is 0.175. The van der Waals surface area contributed by atoms with Gasteiger partial charge in [-0.3, -0.25) is 0 Å². The molecule has 1 unspecified atom stereocenters. The summed E-state index contributed by atoms with van der Waals surface area (Å²) in [7, 11) is 0. The third-order valence-corrected chi connectivity index (χ3v) is 2.88. The number of hydrogen-bond acceptors (Lipinski definition) is 3. The second-order valence-electron chi connectivity index (χ2n) is 4.39. The molecular weight excluding hydrogens is 224 g/mol. The molecule has 2 N–H and O–H groups in total. The normalized spacial score (nSPS) is 13.6. The Bertz CT molecular complexity index is 519. The first-order chi connectivity index (χ1) is 7.49. The van der Waals surface area contributed by atoms with Crippen molar-refractivity contribution in [2.45, 2.75) is 26.8 Å². The Morgan fingerprint density at radius 3 is 2.69 bits per heavy atom. The number of hydrogen-bond donors (Lipinski definition) is 1. The van der Waals surface area contributed by atoms with Crippen molar-refractivity contribution in [2.75, 3.05) is 0 Å². The van der Waals surface area contributed by atoms with E-state index >= 15 is 0 Å². The van der Waals surface area contributed by atoms with Gasteiger partial charge in [0.1, 0.15) is 5.52 Å². The van der Waals surface area contributed by atoms with E-state index in [4.69, 9.17) is 21.8 Å². The van der Waals surface area contributed by atoms with Gasteiger partial charge in [-0.05, 0) is 30.5 Å². The minimum atomic E-state index is -0.175. The maximum atomic E-state index is 6.00. The van der Waals surface area contributed by atoms with Crippen LogP contribution in [-0.4, -0.2) is 4.98 Å². The number of aromatic nitrogens is 1. The van der Waals surface area contributed by atoms with Crippen molar-refractivity contribution in [1.29, 1.82) is 0 Å². The van der Waals surface area contributed by atoms with Crippen LogP contribution in [0.5, 0.6) is 0 Å². The van der Waals surface area contributed by atoms with E-state index in [1.807, 2.05) is 26.8 Å². The van der Waals surface area contributed by atoms with Crippen LogP contribution in [0, 0.1) is 12.8 Å². The van der Waals surface area contributed by atoms with E-state index in [0.717, 1.165) is 16.7 Å². The van der Waals surface area contributed by atoms with Gasteiger partial charge in [0.05, 0.1) is 6.04 Å². The highest BCUT2D eigenvalue weighted by Crippen LogP contribution is 2.27. The molecule has 0 saturated heterocycles. The maximum absolute atomic E-state index is 6.00. The summed E-state index contributed by atoms with van der Waals surface area (Å²) in [5.41, 5.74) is 8.53. The molecule has 0 aliphatic heterocycles. The van der Waals surface area contributed by atoms with Crippen LogP contribution in [0.2, 0.25) is 5.02 Å². The molecule has 0 amide bonds. The summed E-state index contributed by atoms with van der Waals surface area (Å²) in [5, 5.41) is 0.669. The average Bonchev–Trinajstić information content (AvgIpc) is 2.60. The molecule has 2 aromatic rings. The SMILES string of the molecule is Cc1cc(Cl)cc2nc(C(N)C(C)C)oc12. The summed E-state index contributed by atoms with van der Waals surface area (Å²) < 4.78 is 5.68. The predicted molar refractivity (Wildman–Crippen MR) is 65.5 cm³/mol. The largest absolute Gasteiger partial charge is 0.439 e. The molecule has 0 aliphatic carbocycles. The van der Waals surface area contributed by atoms with Gasteiger partial charge in [0.25, 0.3) is 0 Å². The van der Waals surface area contributed by atoms with Gasteiger partial charge in [-0.1, -0.05) is 25.4 Å². The number of benzene rings is 1. The zero-order chi connectivity index (χ0) is 11.9. The molecule has 86 valence electrons. The summed E-state index contributed by atoms with van der Waals surface area (Å²) in [6, 6.07) is 3.48. The fraction of sp³-hybridized carbons (Fsp3) is 0.417. The molecule has 0 spiro atoms. The quantitative estimate of drug-likeness (QED) is 0.872. The van der Waals surface area contributed by atoms with Gasteiger partial charge in [0.15, 0.2) is 5.58 Å². The molecule has 0 fully saturated rings. The number of halogens is 1. The van der Waals surface area contributed by atoms with Crippen LogP contribution in [0.4, 0.5) is 0 Å². The monoisotopic (exact) mass is 238 g/mol. The van der Waals surface area contributed by atoms with Crippen molar-refractivity contribution in [3.8, 4) is 0 Å². The summed E-state index contributed by atoms with van der Waals surface area (Å²) >= 11 is 5.96. The Balaban J connectivity index is 2.56. The van der Waals surface area contributed by atoms with Gasteiger partial charge < -0.3 is 10.2 Å². The van der Waals surface area contributed by atoms with Crippen molar-refractivity contribution < 1.29 is 4.42 Å². The average molecular weight is 239 g/mol. The van der Waals surface area contributed by atoms with Crippen LogP contribution in [0.3, 0.4) is 0 Å². The molecule has 0 aliphatic rings. The lowest BCUT2D eigenvalue weighted by atomic mass is 10.1. The van der Waals surface area contributed by atoms with Gasteiger partial charge in [0.2, 0.25) is 5.89 Å². The zero-order valence-corrected chi connectivity index (χ0v) is 10.4.